The lowest BCUT2D eigenvalue weighted by atomic mass is 9.33. The first-order chi connectivity index (χ1) is 29.7. The average molecular weight is 846 g/mol. The van der Waals surface area contributed by atoms with Crippen molar-refractivity contribution in [1.29, 1.82) is 0 Å². The molecule has 0 radical (unpaired) electrons. The van der Waals surface area contributed by atoms with E-state index < -0.39 is 5.41 Å². The van der Waals surface area contributed by atoms with E-state index in [1.807, 2.05) is 37.3 Å². The number of allylic oxidation sites excluding steroid dienone is 5. The summed E-state index contributed by atoms with van der Waals surface area (Å²) >= 11 is 0. The predicted octanol–water partition coefficient (Wildman–Crippen LogP) is 11.3. The van der Waals surface area contributed by atoms with Crippen molar-refractivity contribution in [3.05, 3.63) is 72.0 Å². The van der Waals surface area contributed by atoms with Gasteiger partial charge in [-0.05, 0) is 191 Å². The van der Waals surface area contributed by atoms with Gasteiger partial charge < -0.3 is 19.7 Å². The van der Waals surface area contributed by atoms with Gasteiger partial charge in [0, 0.05) is 18.6 Å². The van der Waals surface area contributed by atoms with E-state index in [0.29, 0.717) is 59.8 Å². The fourth-order valence-electron chi connectivity index (χ4n) is 16.3. The van der Waals surface area contributed by atoms with E-state index in [4.69, 9.17) is 9.47 Å². The summed E-state index contributed by atoms with van der Waals surface area (Å²) in [5.74, 6) is 3.78. The topological polar surface area (TPSA) is 81.5 Å². The van der Waals surface area contributed by atoms with E-state index in [0.717, 1.165) is 31.0 Å². The lowest BCUT2D eigenvalue weighted by Crippen LogP contribution is -2.68. The number of aromatic nitrogens is 3. The standard InChI is InChI=1S/C54H79N5O3/c1-9-61-48(60)53(37-62-46-36-56-57-59(46)40-16-12-10-13-17-40)27-20-39(21-28-53)42-23-25-50(6)44(49(42,4)5)24-26-52(8)45(50)19-18-43-47-41(38(2)3)22-29-54(47,31-30-51(43,52)7)55-32-35-58-33-14-11-15-34-58/h10,12-13,16-17,20,23,36,41,43-45,47,55H,2,9,11,14-15,18-19,21-22,24-35,37H2,1,3-8H3/t41-,43+,44-,45+,47+,50-,51+,52+,53?,54-/m0/s1. The van der Waals surface area contributed by atoms with Crippen LogP contribution < -0.4 is 10.1 Å². The molecule has 1 saturated heterocycles. The van der Waals surface area contributed by atoms with Crippen molar-refractivity contribution in [3.63, 3.8) is 0 Å². The van der Waals surface area contributed by atoms with Gasteiger partial charge in [-0.15, -0.1) is 5.10 Å². The second kappa shape index (κ2) is 16.6. The molecule has 8 heteroatoms. The third-order valence-corrected chi connectivity index (χ3v) is 19.7. The van der Waals surface area contributed by atoms with Gasteiger partial charge in [0.1, 0.15) is 18.2 Å². The number of carbonyl (C=O) groups is 1. The molecule has 6 aliphatic carbocycles. The average Bonchev–Trinajstić information content (AvgIpc) is 3.90. The van der Waals surface area contributed by atoms with E-state index in [1.54, 1.807) is 10.9 Å². The lowest BCUT2D eigenvalue weighted by molar-refractivity contribution is -0.221. The van der Waals surface area contributed by atoms with Crippen molar-refractivity contribution in [2.75, 3.05) is 39.4 Å². The van der Waals surface area contributed by atoms with Crippen molar-refractivity contribution >= 4 is 5.97 Å². The van der Waals surface area contributed by atoms with E-state index in [9.17, 15) is 4.79 Å². The summed E-state index contributed by atoms with van der Waals surface area (Å²) < 4.78 is 13.9. The number of nitrogens with zero attached hydrogens (tertiary/aromatic N) is 4. The summed E-state index contributed by atoms with van der Waals surface area (Å²) in [4.78, 5) is 16.5. The zero-order valence-corrected chi connectivity index (χ0v) is 39.6. The number of hydrogen-bond donors (Lipinski definition) is 1. The maximum Gasteiger partial charge on any atom is 0.315 e. The number of piperidine rings is 1. The number of ether oxygens (including phenoxy) is 2. The predicted molar refractivity (Wildman–Crippen MR) is 249 cm³/mol. The van der Waals surface area contributed by atoms with Crippen molar-refractivity contribution in [1.82, 2.24) is 25.2 Å². The summed E-state index contributed by atoms with van der Waals surface area (Å²) in [7, 11) is 0. The molecule has 1 aliphatic heterocycles. The molecular weight excluding hydrogens is 767 g/mol. The zero-order chi connectivity index (χ0) is 43.5. The number of carbonyl (C=O) groups excluding carboxylic acids is 1. The molecule has 1 aromatic heterocycles. The number of nitrogens with one attached hydrogen (secondary N) is 1. The molecule has 8 nitrogen and oxygen atoms in total. The van der Waals surface area contributed by atoms with Crippen LogP contribution >= 0.6 is 0 Å². The van der Waals surface area contributed by atoms with Crippen LogP contribution in [0.5, 0.6) is 5.88 Å². The quantitative estimate of drug-likeness (QED) is 0.168. The monoisotopic (exact) mass is 846 g/mol. The third kappa shape index (κ3) is 7.09. The molecule has 1 N–H and O–H groups in total. The fraction of sp³-hybridized carbons (Fsp3) is 0.722. The normalized spacial score (nSPS) is 39.0. The molecule has 2 heterocycles. The molecule has 4 saturated carbocycles. The number of para-hydroxylation sites is 1. The van der Waals surface area contributed by atoms with Crippen LogP contribution in [-0.4, -0.2) is 70.8 Å². The second-order valence-corrected chi connectivity index (χ2v) is 22.8. The number of rotatable bonds is 12. The van der Waals surface area contributed by atoms with Gasteiger partial charge in [0.2, 0.25) is 5.88 Å². The van der Waals surface area contributed by atoms with E-state index >= 15 is 0 Å². The number of esters is 1. The Balaban J connectivity index is 0.939. The summed E-state index contributed by atoms with van der Waals surface area (Å²) in [5, 5.41) is 12.8. The fourth-order valence-corrected chi connectivity index (χ4v) is 16.3. The van der Waals surface area contributed by atoms with Gasteiger partial charge in [0.25, 0.3) is 0 Å². The van der Waals surface area contributed by atoms with Gasteiger partial charge in [0.15, 0.2) is 0 Å². The van der Waals surface area contributed by atoms with Gasteiger partial charge >= 0.3 is 5.97 Å². The summed E-state index contributed by atoms with van der Waals surface area (Å²) in [6.07, 6.45) is 24.8. The summed E-state index contributed by atoms with van der Waals surface area (Å²) in [5.41, 5.74) is 5.73. The van der Waals surface area contributed by atoms with Crippen LogP contribution in [0.4, 0.5) is 0 Å². The highest BCUT2D eigenvalue weighted by Gasteiger charge is 2.70. The van der Waals surface area contributed by atoms with E-state index in [1.165, 1.54) is 107 Å². The highest BCUT2D eigenvalue weighted by atomic mass is 16.5. The van der Waals surface area contributed by atoms with Gasteiger partial charge in [-0.1, -0.05) is 88.8 Å². The minimum absolute atomic E-state index is 0.0443. The largest absolute Gasteiger partial charge is 0.475 e. The molecule has 0 amide bonds. The van der Waals surface area contributed by atoms with E-state index in [2.05, 4.69) is 80.8 Å². The Morgan fingerprint density at radius 2 is 1.68 bits per heavy atom. The number of hydrogen-bond acceptors (Lipinski definition) is 7. The first kappa shape index (κ1) is 44.0. The Labute approximate surface area is 374 Å². The minimum atomic E-state index is -0.761. The molecule has 9 rings (SSSR count). The smallest absolute Gasteiger partial charge is 0.315 e. The molecule has 7 aliphatic rings. The van der Waals surface area contributed by atoms with E-state index in [-0.39, 0.29) is 28.9 Å². The third-order valence-electron chi connectivity index (χ3n) is 19.7. The van der Waals surface area contributed by atoms with Crippen molar-refractivity contribution < 1.29 is 14.3 Å². The maximum atomic E-state index is 13.8. The van der Waals surface area contributed by atoms with Gasteiger partial charge in [-0.3, -0.25) is 4.79 Å². The van der Waals surface area contributed by atoms with Gasteiger partial charge in [0.05, 0.1) is 12.3 Å². The Morgan fingerprint density at radius 1 is 0.887 bits per heavy atom. The molecule has 5 fully saturated rings. The van der Waals surface area contributed by atoms with Crippen LogP contribution in [0.25, 0.3) is 5.69 Å². The van der Waals surface area contributed by atoms with Gasteiger partial charge in [-0.2, -0.15) is 4.68 Å². The molecule has 0 spiro atoms. The molecular formula is C54H79N5O3. The molecule has 0 bridgehead atoms. The summed E-state index contributed by atoms with van der Waals surface area (Å²) in [6.45, 7) is 27.8. The molecule has 2 aromatic rings. The Morgan fingerprint density at radius 3 is 2.40 bits per heavy atom. The van der Waals surface area contributed by atoms with Crippen LogP contribution in [0.3, 0.4) is 0 Å². The Bertz CT molecular complexity index is 2030. The van der Waals surface area contributed by atoms with Crippen LogP contribution in [0.2, 0.25) is 0 Å². The highest BCUT2D eigenvalue weighted by molar-refractivity contribution is 5.78. The number of benzene rings is 1. The first-order valence-electron chi connectivity index (χ1n) is 25.0. The number of likely N-dealkylation sites (tertiary alicyclic amines) is 1. The van der Waals surface area contributed by atoms with Crippen LogP contribution in [0.1, 0.15) is 145 Å². The van der Waals surface area contributed by atoms with Crippen molar-refractivity contribution in [3.8, 4) is 11.6 Å². The van der Waals surface area contributed by atoms with Crippen molar-refractivity contribution in [2.45, 2.75) is 150 Å². The molecule has 62 heavy (non-hydrogen) atoms. The second-order valence-electron chi connectivity index (χ2n) is 22.8. The van der Waals surface area contributed by atoms with Crippen molar-refractivity contribution in [2.24, 2.45) is 56.7 Å². The molecule has 1 unspecified atom stereocenters. The lowest BCUT2D eigenvalue weighted by Gasteiger charge is -2.72. The molecule has 10 atom stereocenters. The zero-order valence-electron chi connectivity index (χ0n) is 39.6. The molecule has 1 aromatic carbocycles. The van der Waals surface area contributed by atoms with Gasteiger partial charge in [-0.25, -0.2) is 0 Å². The van der Waals surface area contributed by atoms with Crippen LogP contribution in [-0.2, 0) is 9.53 Å². The molecule has 338 valence electrons. The Kier molecular flexibility index (Phi) is 11.8. The first-order valence-corrected chi connectivity index (χ1v) is 25.0. The summed E-state index contributed by atoms with van der Waals surface area (Å²) in [6, 6.07) is 9.88. The maximum absolute atomic E-state index is 13.8. The number of fused-ring (bicyclic) bond motifs is 7. The van der Waals surface area contributed by atoms with Crippen LogP contribution in [0, 0.1) is 56.7 Å². The minimum Gasteiger partial charge on any atom is -0.475 e. The SMILES string of the molecule is C=C(C)[C@@H]1CC[C@]2(NCCN3CCCCC3)CC[C@]3(C)[C@H](CC[C@@H]4[C@@]5(C)CC=C(C6=CCC(COc7cnnn7-c7ccccc7)(C(=O)OCC)CC6)C(C)(C)[C@@H]5CC[C@]43C)[C@@H]12. The highest BCUT2D eigenvalue weighted by Crippen LogP contribution is 2.76. The van der Waals surface area contributed by atoms with Crippen LogP contribution in [0.15, 0.2) is 72.0 Å². The Hall–Kier alpha value is -3.23.